The minimum atomic E-state index is -0.313. The van der Waals surface area contributed by atoms with Crippen molar-refractivity contribution in [2.45, 2.75) is 52.1 Å². The molecule has 0 saturated carbocycles. The molecule has 0 N–H and O–H groups in total. The van der Waals surface area contributed by atoms with E-state index in [4.69, 9.17) is 18.9 Å². The number of ether oxygens (including phenoxy) is 4. The predicted molar refractivity (Wildman–Crippen MR) is 75.5 cm³/mol. The van der Waals surface area contributed by atoms with Crippen LogP contribution in [0.3, 0.4) is 0 Å². The van der Waals surface area contributed by atoms with E-state index in [-0.39, 0.29) is 24.8 Å². The van der Waals surface area contributed by atoms with Crippen molar-refractivity contribution in [1.82, 2.24) is 0 Å². The van der Waals surface area contributed by atoms with Gasteiger partial charge in [0, 0.05) is 12.8 Å². The van der Waals surface area contributed by atoms with Gasteiger partial charge in [0.2, 0.25) is 0 Å². The molecule has 0 amide bonds. The summed E-state index contributed by atoms with van der Waals surface area (Å²) in [5, 5.41) is 0. The van der Waals surface area contributed by atoms with Crippen LogP contribution >= 0.6 is 0 Å². The minimum Gasteiger partial charge on any atom is -0.466 e. The molecule has 0 radical (unpaired) electrons. The van der Waals surface area contributed by atoms with E-state index >= 15 is 0 Å². The third-order valence-corrected chi connectivity index (χ3v) is 3.04. The summed E-state index contributed by atoms with van der Waals surface area (Å²) < 4.78 is 20.3. The lowest BCUT2D eigenvalue weighted by Gasteiger charge is -2.22. The van der Waals surface area contributed by atoms with Gasteiger partial charge in [-0.15, -0.1) is 0 Å². The highest BCUT2D eigenvalue weighted by atomic mass is 16.7. The molecule has 122 valence electrons. The van der Waals surface area contributed by atoms with Crippen LogP contribution in [0.5, 0.6) is 0 Å². The number of carbonyl (C=O) groups is 2. The van der Waals surface area contributed by atoms with Gasteiger partial charge >= 0.3 is 11.9 Å². The van der Waals surface area contributed by atoms with Gasteiger partial charge in [0.05, 0.1) is 19.8 Å². The summed E-state index contributed by atoms with van der Waals surface area (Å²) in [4.78, 5) is 23.0. The molecule has 1 fully saturated rings. The average Bonchev–Trinajstić information content (AvgIpc) is 2.44. The third-order valence-electron chi connectivity index (χ3n) is 3.04. The molecular weight excluding hydrogens is 276 g/mol. The maximum Gasteiger partial charge on any atom is 0.306 e. The number of hydrogen-bond acceptors (Lipinski definition) is 6. The normalized spacial score (nSPS) is 16.0. The smallest absolute Gasteiger partial charge is 0.306 e. The van der Waals surface area contributed by atoms with Crippen molar-refractivity contribution in [3.8, 4) is 0 Å². The molecule has 0 bridgehead atoms. The first-order valence-electron chi connectivity index (χ1n) is 7.58. The monoisotopic (exact) mass is 302 g/mol. The maximum absolute atomic E-state index is 11.6. The maximum atomic E-state index is 11.6. The highest BCUT2D eigenvalue weighted by Crippen LogP contribution is 2.08. The molecule has 0 spiro atoms. The van der Waals surface area contributed by atoms with Crippen LogP contribution < -0.4 is 0 Å². The molecule has 0 aromatic rings. The van der Waals surface area contributed by atoms with Gasteiger partial charge in [-0.2, -0.15) is 0 Å². The zero-order chi connectivity index (χ0) is 15.5. The van der Waals surface area contributed by atoms with Crippen LogP contribution in [0.15, 0.2) is 0 Å². The number of rotatable bonds is 9. The van der Waals surface area contributed by atoms with Crippen LogP contribution in [0.1, 0.15) is 46.0 Å². The Hall–Kier alpha value is -1.14. The summed E-state index contributed by atoms with van der Waals surface area (Å²) in [7, 11) is 0. The van der Waals surface area contributed by atoms with Gasteiger partial charge in [0.15, 0.2) is 0 Å². The summed E-state index contributed by atoms with van der Waals surface area (Å²) in [6, 6.07) is 0. The second kappa shape index (κ2) is 10.6. The molecule has 0 aliphatic carbocycles. The van der Waals surface area contributed by atoms with Gasteiger partial charge in [-0.05, 0) is 25.2 Å². The number of carbonyl (C=O) groups excluding carboxylic acids is 2. The Morgan fingerprint density at radius 3 is 2.33 bits per heavy atom. The van der Waals surface area contributed by atoms with E-state index in [0.717, 1.165) is 6.42 Å². The standard InChI is InChI=1S/C15H26O6/c1-12(2)7-8-20-14(16)5-3-4-6-15(17)21-13-9-18-11-19-10-13/h12-13H,3-11H2,1-2H3. The lowest BCUT2D eigenvalue weighted by atomic mass is 10.1. The summed E-state index contributed by atoms with van der Waals surface area (Å²) in [6.07, 6.45) is 2.47. The molecule has 0 aromatic heterocycles. The van der Waals surface area contributed by atoms with Crippen molar-refractivity contribution in [2.75, 3.05) is 26.6 Å². The van der Waals surface area contributed by atoms with E-state index in [2.05, 4.69) is 13.8 Å². The highest BCUT2D eigenvalue weighted by molar-refractivity contribution is 5.70. The van der Waals surface area contributed by atoms with Crippen LogP contribution in [-0.2, 0) is 28.5 Å². The van der Waals surface area contributed by atoms with Gasteiger partial charge in [0.1, 0.15) is 12.9 Å². The van der Waals surface area contributed by atoms with Crippen molar-refractivity contribution in [1.29, 1.82) is 0 Å². The van der Waals surface area contributed by atoms with Crippen molar-refractivity contribution in [2.24, 2.45) is 5.92 Å². The fraction of sp³-hybridized carbons (Fsp3) is 0.867. The first-order valence-corrected chi connectivity index (χ1v) is 7.58. The molecule has 21 heavy (non-hydrogen) atoms. The lowest BCUT2D eigenvalue weighted by Crippen LogP contribution is -2.33. The Balaban J connectivity index is 1.97. The summed E-state index contributed by atoms with van der Waals surface area (Å²) >= 11 is 0. The first kappa shape index (κ1) is 17.9. The fourth-order valence-corrected chi connectivity index (χ4v) is 1.80. The topological polar surface area (TPSA) is 71.1 Å². The number of hydrogen-bond donors (Lipinski definition) is 0. The van der Waals surface area contributed by atoms with E-state index in [1.54, 1.807) is 0 Å². The van der Waals surface area contributed by atoms with Crippen LogP contribution in [0.25, 0.3) is 0 Å². The van der Waals surface area contributed by atoms with Crippen LogP contribution in [0.2, 0.25) is 0 Å². The van der Waals surface area contributed by atoms with E-state index in [1.807, 2.05) is 0 Å². The first-order chi connectivity index (χ1) is 10.1. The number of unbranched alkanes of at least 4 members (excludes halogenated alkanes) is 1. The second-order valence-electron chi connectivity index (χ2n) is 5.58. The Morgan fingerprint density at radius 2 is 1.71 bits per heavy atom. The predicted octanol–water partition coefficient (Wildman–Crippen LogP) is 2.05. The fourth-order valence-electron chi connectivity index (χ4n) is 1.80. The minimum absolute atomic E-state index is 0.196. The summed E-state index contributed by atoms with van der Waals surface area (Å²) in [6.45, 7) is 5.67. The Kier molecular flexibility index (Phi) is 9.01. The SMILES string of the molecule is CC(C)CCOC(=O)CCCCC(=O)OC1COCOC1. The Labute approximate surface area is 126 Å². The molecule has 1 aliphatic heterocycles. The molecule has 0 aromatic carbocycles. The van der Waals surface area contributed by atoms with Crippen molar-refractivity contribution < 1.29 is 28.5 Å². The lowest BCUT2D eigenvalue weighted by molar-refractivity contribution is -0.183. The van der Waals surface area contributed by atoms with Crippen molar-refractivity contribution >= 4 is 11.9 Å². The molecule has 6 heteroatoms. The van der Waals surface area contributed by atoms with Crippen molar-refractivity contribution in [3.63, 3.8) is 0 Å². The number of esters is 2. The molecule has 1 heterocycles. The van der Waals surface area contributed by atoms with Gasteiger partial charge in [-0.1, -0.05) is 13.8 Å². The molecule has 6 nitrogen and oxygen atoms in total. The average molecular weight is 302 g/mol. The van der Waals surface area contributed by atoms with Gasteiger partial charge in [-0.25, -0.2) is 0 Å². The van der Waals surface area contributed by atoms with E-state index in [1.165, 1.54) is 0 Å². The van der Waals surface area contributed by atoms with Gasteiger partial charge in [0.25, 0.3) is 0 Å². The molecule has 0 unspecified atom stereocenters. The van der Waals surface area contributed by atoms with Crippen molar-refractivity contribution in [3.05, 3.63) is 0 Å². The zero-order valence-corrected chi connectivity index (χ0v) is 13.0. The Bertz CT molecular complexity index is 309. The Morgan fingerprint density at radius 1 is 1.10 bits per heavy atom. The largest absolute Gasteiger partial charge is 0.466 e. The van der Waals surface area contributed by atoms with E-state index < -0.39 is 0 Å². The zero-order valence-electron chi connectivity index (χ0n) is 13.0. The quantitative estimate of drug-likeness (QED) is 0.479. The molecular formula is C15H26O6. The van der Waals surface area contributed by atoms with Gasteiger partial charge in [-0.3, -0.25) is 9.59 Å². The molecule has 1 rings (SSSR count). The highest BCUT2D eigenvalue weighted by Gasteiger charge is 2.18. The van der Waals surface area contributed by atoms with Crippen LogP contribution in [-0.4, -0.2) is 44.7 Å². The van der Waals surface area contributed by atoms with Gasteiger partial charge < -0.3 is 18.9 Å². The van der Waals surface area contributed by atoms with Crippen LogP contribution in [0.4, 0.5) is 0 Å². The second-order valence-corrected chi connectivity index (χ2v) is 5.58. The molecule has 1 aliphatic rings. The van der Waals surface area contributed by atoms with E-state index in [0.29, 0.717) is 51.4 Å². The van der Waals surface area contributed by atoms with E-state index in [9.17, 15) is 9.59 Å². The summed E-state index contributed by atoms with van der Waals surface area (Å²) in [5.74, 6) is 0.0562. The third kappa shape index (κ3) is 9.42. The van der Waals surface area contributed by atoms with Crippen LogP contribution in [0, 0.1) is 5.92 Å². The molecule has 0 atom stereocenters. The molecule has 1 saturated heterocycles. The summed E-state index contributed by atoms with van der Waals surface area (Å²) in [5.41, 5.74) is 0.